The van der Waals surface area contributed by atoms with E-state index in [4.69, 9.17) is 4.74 Å². The lowest BCUT2D eigenvalue weighted by Gasteiger charge is -2.30. The Bertz CT molecular complexity index is 434. The molecule has 0 radical (unpaired) electrons. The zero-order chi connectivity index (χ0) is 13.7. The van der Waals surface area contributed by atoms with E-state index in [1.165, 1.54) is 0 Å². The van der Waals surface area contributed by atoms with Gasteiger partial charge in [0.25, 0.3) is 5.91 Å². The average Bonchev–Trinajstić information content (AvgIpc) is 2.42. The molecular formula is C15H22N2O2. The second kappa shape index (κ2) is 6.57. The van der Waals surface area contributed by atoms with Gasteiger partial charge in [0.05, 0.1) is 6.61 Å². The first-order valence-electron chi connectivity index (χ1n) is 6.95. The van der Waals surface area contributed by atoms with E-state index in [0.717, 1.165) is 25.3 Å². The van der Waals surface area contributed by atoms with Crippen LogP contribution in [0.4, 0.5) is 0 Å². The van der Waals surface area contributed by atoms with Crippen molar-refractivity contribution in [2.45, 2.75) is 26.3 Å². The largest absolute Gasteiger partial charge is 0.494 e. The third kappa shape index (κ3) is 3.70. The summed E-state index contributed by atoms with van der Waals surface area (Å²) in [5.74, 6) is 1.20. The number of hydrogen-bond donors (Lipinski definition) is 2. The van der Waals surface area contributed by atoms with Gasteiger partial charge in [0.15, 0.2) is 0 Å². The second-order valence-electron chi connectivity index (χ2n) is 5.01. The number of carbonyl (C=O) groups is 1. The van der Waals surface area contributed by atoms with E-state index >= 15 is 0 Å². The molecule has 1 fully saturated rings. The molecule has 1 amide bonds. The van der Waals surface area contributed by atoms with Gasteiger partial charge in [-0.3, -0.25) is 4.79 Å². The third-order valence-corrected chi connectivity index (χ3v) is 3.51. The summed E-state index contributed by atoms with van der Waals surface area (Å²) >= 11 is 0. The highest BCUT2D eigenvalue weighted by Gasteiger charge is 2.23. The predicted octanol–water partition coefficient (Wildman–Crippen LogP) is 1.81. The van der Waals surface area contributed by atoms with Crippen LogP contribution in [-0.2, 0) is 0 Å². The van der Waals surface area contributed by atoms with E-state index in [1.54, 1.807) is 6.07 Å². The number of piperidine rings is 1. The van der Waals surface area contributed by atoms with Crippen molar-refractivity contribution in [3.63, 3.8) is 0 Å². The summed E-state index contributed by atoms with van der Waals surface area (Å²) in [6.45, 7) is 6.63. The number of hydrogen-bond acceptors (Lipinski definition) is 3. The normalized spacial score (nSPS) is 22.8. The van der Waals surface area contributed by atoms with Crippen molar-refractivity contribution in [3.8, 4) is 5.75 Å². The molecule has 1 aromatic carbocycles. The van der Waals surface area contributed by atoms with Gasteiger partial charge in [-0.2, -0.15) is 0 Å². The van der Waals surface area contributed by atoms with Gasteiger partial charge >= 0.3 is 0 Å². The Hall–Kier alpha value is -1.55. The standard InChI is InChI=1S/C15H22N2O2/c1-3-19-13-6-4-5-12(9-13)15(18)17-14-7-8-16-10-11(14)2/h4-6,9,11,14,16H,3,7-8,10H2,1-2H3,(H,17,18). The quantitative estimate of drug-likeness (QED) is 0.870. The molecule has 1 aliphatic heterocycles. The van der Waals surface area contributed by atoms with Gasteiger partial charge in [-0.1, -0.05) is 13.0 Å². The molecule has 0 aliphatic carbocycles. The zero-order valence-corrected chi connectivity index (χ0v) is 11.6. The van der Waals surface area contributed by atoms with Crippen LogP contribution in [0.3, 0.4) is 0 Å². The summed E-state index contributed by atoms with van der Waals surface area (Å²) in [6, 6.07) is 7.59. The molecule has 2 rings (SSSR count). The van der Waals surface area contributed by atoms with E-state index in [-0.39, 0.29) is 11.9 Å². The van der Waals surface area contributed by atoms with Crippen molar-refractivity contribution in [2.24, 2.45) is 5.92 Å². The maximum Gasteiger partial charge on any atom is 0.251 e. The van der Waals surface area contributed by atoms with Crippen LogP contribution in [-0.4, -0.2) is 31.6 Å². The molecule has 19 heavy (non-hydrogen) atoms. The summed E-state index contributed by atoms with van der Waals surface area (Å²) < 4.78 is 5.42. The molecule has 0 saturated carbocycles. The minimum absolute atomic E-state index is 0.0136. The first kappa shape index (κ1) is 13.9. The van der Waals surface area contributed by atoms with Crippen molar-refractivity contribution in [3.05, 3.63) is 29.8 Å². The van der Waals surface area contributed by atoms with Crippen LogP contribution in [0.1, 0.15) is 30.6 Å². The summed E-state index contributed by atoms with van der Waals surface area (Å²) in [7, 11) is 0. The fourth-order valence-corrected chi connectivity index (χ4v) is 2.37. The Morgan fingerprint density at radius 3 is 3.11 bits per heavy atom. The third-order valence-electron chi connectivity index (χ3n) is 3.51. The summed E-state index contributed by atoms with van der Waals surface area (Å²) in [5.41, 5.74) is 0.664. The highest BCUT2D eigenvalue weighted by atomic mass is 16.5. The van der Waals surface area contributed by atoms with E-state index in [9.17, 15) is 4.79 Å². The number of rotatable bonds is 4. The Kier molecular flexibility index (Phi) is 4.80. The number of amides is 1. The molecule has 0 bridgehead atoms. The molecule has 1 heterocycles. The predicted molar refractivity (Wildman–Crippen MR) is 75.5 cm³/mol. The zero-order valence-electron chi connectivity index (χ0n) is 11.6. The molecule has 0 spiro atoms. The van der Waals surface area contributed by atoms with E-state index < -0.39 is 0 Å². The van der Waals surface area contributed by atoms with Gasteiger partial charge in [-0.15, -0.1) is 0 Å². The van der Waals surface area contributed by atoms with Gasteiger partial charge in [0.1, 0.15) is 5.75 Å². The van der Waals surface area contributed by atoms with Crippen LogP contribution in [0.25, 0.3) is 0 Å². The van der Waals surface area contributed by atoms with Crippen LogP contribution >= 0.6 is 0 Å². The second-order valence-corrected chi connectivity index (χ2v) is 5.01. The lowest BCUT2D eigenvalue weighted by molar-refractivity contribution is 0.0914. The number of benzene rings is 1. The van der Waals surface area contributed by atoms with Crippen LogP contribution < -0.4 is 15.4 Å². The molecule has 1 aromatic rings. The minimum atomic E-state index is -0.0136. The van der Waals surface area contributed by atoms with Crippen LogP contribution in [0.2, 0.25) is 0 Å². The number of ether oxygens (including phenoxy) is 1. The number of carbonyl (C=O) groups excluding carboxylic acids is 1. The Labute approximate surface area is 114 Å². The SMILES string of the molecule is CCOc1cccc(C(=O)NC2CCNCC2C)c1. The molecular weight excluding hydrogens is 240 g/mol. The van der Waals surface area contributed by atoms with Crippen LogP contribution in [0, 0.1) is 5.92 Å². The summed E-state index contributed by atoms with van der Waals surface area (Å²) in [4.78, 5) is 12.2. The lowest BCUT2D eigenvalue weighted by Crippen LogP contribution is -2.48. The highest BCUT2D eigenvalue weighted by molar-refractivity contribution is 5.94. The highest BCUT2D eigenvalue weighted by Crippen LogP contribution is 2.15. The molecule has 4 nitrogen and oxygen atoms in total. The lowest BCUT2D eigenvalue weighted by atomic mass is 9.95. The molecule has 104 valence electrons. The first-order valence-corrected chi connectivity index (χ1v) is 6.95. The van der Waals surface area contributed by atoms with Crippen molar-refractivity contribution in [2.75, 3.05) is 19.7 Å². The Morgan fingerprint density at radius 1 is 1.53 bits per heavy atom. The molecule has 1 aliphatic rings. The van der Waals surface area contributed by atoms with Gasteiger partial charge in [0, 0.05) is 11.6 Å². The van der Waals surface area contributed by atoms with E-state index in [0.29, 0.717) is 18.1 Å². The average molecular weight is 262 g/mol. The molecule has 2 unspecified atom stereocenters. The fraction of sp³-hybridized carbons (Fsp3) is 0.533. The van der Waals surface area contributed by atoms with Crippen molar-refractivity contribution < 1.29 is 9.53 Å². The number of nitrogens with one attached hydrogen (secondary N) is 2. The minimum Gasteiger partial charge on any atom is -0.494 e. The van der Waals surface area contributed by atoms with Crippen molar-refractivity contribution in [1.82, 2.24) is 10.6 Å². The molecule has 0 aromatic heterocycles. The first-order chi connectivity index (χ1) is 9.20. The van der Waals surface area contributed by atoms with E-state index in [2.05, 4.69) is 17.6 Å². The monoisotopic (exact) mass is 262 g/mol. The molecule has 1 saturated heterocycles. The maximum atomic E-state index is 12.2. The van der Waals surface area contributed by atoms with Gasteiger partial charge in [-0.25, -0.2) is 0 Å². The van der Waals surface area contributed by atoms with Crippen molar-refractivity contribution in [1.29, 1.82) is 0 Å². The topological polar surface area (TPSA) is 50.4 Å². The molecule has 2 atom stereocenters. The summed E-state index contributed by atoms with van der Waals surface area (Å²) in [5, 5.41) is 6.45. The Balaban J connectivity index is 2.00. The van der Waals surface area contributed by atoms with E-state index in [1.807, 2.05) is 25.1 Å². The van der Waals surface area contributed by atoms with Gasteiger partial charge in [0.2, 0.25) is 0 Å². The summed E-state index contributed by atoms with van der Waals surface area (Å²) in [6.07, 6.45) is 0.984. The Morgan fingerprint density at radius 2 is 2.37 bits per heavy atom. The van der Waals surface area contributed by atoms with Crippen molar-refractivity contribution >= 4 is 5.91 Å². The van der Waals surface area contributed by atoms with Gasteiger partial charge in [-0.05, 0) is 50.6 Å². The fourth-order valence-electron chi connectivity index (χ4n) is 2.37. The molecule has 2 N–H and O–H groups in total. The van der Waals surface area contributed by atoms with Gasteiger partial charge < -0.3 is 15.4 Å². The van der Waals surface area contributed by atoms with Crippen LogP contribution in [0.15, 0.2) is 24.3 Å². The maximum absolute atomic E-state index is 12.2. The van der Waals surface area contributed by atoms with Crippen LogP contribution in [0.5, 0.6) is 5.75 Å². The smallest absolute Gasteiger partial charge is 0.251 e. The molecule has 4 heteroatoms.